The third kappa shape index (κ3) is 2.69. The summed E-state index contributed by atoms with van der Waals surface area (Å²) < 4.78 is 5.55. The summed E-state index contributed by atoms with van der Waals surface area (Å²) in [5.41, 5.74) is 1.32. The van der Waals surface area contributed by atoms with Crippen molar-refractivity contribution in [3.05, 3.63) is 51.7 Å². The molecule has 0 aliphatic heterocycles. The molecule has 18 heavy (non-hydrogen) atoms. The smallest absolute Gasteiger partial charge is 0.346 e. The molecular weight excluding hydrogens is 252 g/mol. The third-order valence-corrected chi connectivity index (χ3v) is 3.41. The van der Waals surface area contributed by atoms with E-state index in [0.29, 0.717) is 16.9 Å². The number of aromatic carboxylic acids is 1. The van der Waals surface area contributed by atoms with E-state index in [2.05, 4.69) is 0 Å². The predicted octanol–water partition coefficient (Wildman–Crippen LogP) is 2.52. The summed E-state index contributed by atoms with van der Waals surface area (Å²) in [6.07, 6.45) is 0. The number of rotatable bonds is 5. The highest BCUT2D eigenvalue weighted by Gasteiger charge is 2.12. The summed E-state index contributed by atoms with van der Waals surface area (Å²) in [7, 11) is 0. The third-order valence-electron chi connectivity index (χ3n) is 2.47. The number of hydrogen-bond donors (Lipinski definition) is 2. The molecule has 0 saturated heterocycles. The standard InChI is InChI=1S/C13H12O4S/c14-7-9-3-1-2-4-11(9)17-8-10-5-6-18-12(10)13(15)16/h1-6,14H,7-8H2,(H,15,16). The van der Waals surface area contributed by atoms with Crippen LogP contribution in [-0.2, 0) is 13.2 Å². The van der Waals surface area contributed by atoms with Gasteiger partial charge in [0.25, 0.3) is 0 Å². The van der Waals surface area contributed by atoms with Gasteiger partial charge in [0.1, 0.15) is 17.2 Å². The summed E-state index contributed by atoms with van der Waals surface area (Å²) in [5, 5.41) is 19.8. The van der Waals surface area contributed by atoms with Crippen LogP contribution in [-0.4, -0.2) is 16.2 Å². The second-order valence-corrected chi connectivity index (χ2v) is 4.55. The van der Waals surface area contributed by atoms with Gasteiger partial charge < -0.3 is 14.9 Å². The second kappa shape index (κ2) is 5.66. The normalized spacial score (nSPS) is 10.3. The molecule has 94 valence electrons. The zero-order chi connectivity index (χ0) is 13.0. The summed E-state index contributed by atoms with van der Waals surface area (Å²) in [5.74, 6) is -0.374. The Morgan fingerprint density at radius 3 is 2.72 bits per heavy atom. The monoisotopic (exact) mass is 264 g/mol. The van der Waals surface area contributed by atoms with E-state index in [9.17, 15) is 4.79 Å². The van der Waals surface area contributed by atoms with Crippen molar-refractivity contribution in [3.8, 4) is 5.75 Å². The highest BCUT2D eigenvalue weighted by Crippen LogP contribution is 2.22. The second-order valence-electron chi connectivity index (χ2n) is 3.63. The Morgan fingerprint density at radius 2 is 2.00 bits per heavy atom. The SMILES string of the molecule is O=C(O)c1sccc1COc1ccccc1CO. The molecule has 0 saturated carbocycles. The molecule has 2 rings (SSSR count). The summed E-state index contributed by atoms with van der Waals surface area (Å²) in [4.78, 5) is 11.2. The maximum absolute atomic E-state index is 10.9. The molecule has 2 N–H and O–H groups in total. The van der Waals surface area contributed by atoms with Crippen molar-refractivity contribution in [2.24, 2.45) is 0 Å². The van der Waals surface area contributed by atoms with E-state index in [4.69, 9.17) is 14.9 Å². The lowest BCUT2D eigenvalue weighted by Gasteiger charge is -2.09. The van der Waals surface area contributed by atoms with Crippen molar-refractivity contribution in [1.82, 2.24) is 0 Å². The van der Waals surface area contributed by atoms with Crippen LogP contribution < -0.4 is 4.74 Å². The number of carboxylic acids is 1. The Balaban J connectivity index is 2.11. The van der Waals surface area contributed by atoms with Crippen LogP contribution in [0.15, 0.2) is 35.7 Å². The molecule has 4 nitrogen and oxygen atoms in total. The molecule has 0 spiro atoms. The first-order valence-electron chi connectivity index (χ1n) is 5.33. The first kappa shape index (κ1) is 12.6. The fourth-order valence-electron chi connectivity index (χ4n) is 1.57. The maximum atomic E-state index is 10.9. The lowest BCUT2D eigenvalue weighted by Crippen LogP contribution is -2.03. The Bertz CT molecular complexity index is 547. The number of ether oxygens (including phenoxy) is 1. The number of hydrogen-bond acceptors (Lipinski definition) is 4. The van der Waals surface area contributed by atoms with Gasteiger partial charge in [0.2, 0.25) is 0 Å². The largest absolute Gasteiger partial charge is 0.488 e. The van der Waals surface area contributed by atoms with Crippen molar-refractivity contribution in [3.63, 3.8) is 0 Å². The molecule has 1 aromatic heterocycles. The van der Waals surface area contributed by atoms with Gasteiger partial charge in [-0.25, -0.2) is 4.79 Å². The zero-order valence-electron chi connectivity index (χ0n) is 9.50. The molecule has 1 aromatic carbocycles. The highest BCUT2D eigenvalue weighted by atomic mass is 32.1. The number of thiophene rings is 1. The molecule has 5 heteroatoms. The fraction of sp³-hybridized carbons (Fsp3) is 0.154. The van der Waals surface area contributed by atoms with Crippen LogP contribution in [0.3, 0.4) is 0 Å². The summed E-state index contributed by atoms with van der Waals surface area (Å²) >= 11 is 1.17. The number of carboxylic acid groups (broad SMARTS) is 1. The van der Waals surface area contributed by atoms with E-state index >= 15 is 0 Å². The van der Waals surface area contributed by atoms with Crippen molar-refractivity contribution < 1.29 is 19.7 Å². The van der Waals surface area contributed by atoms with E-state index in [-0.39, 0.29) is 18.1 Å². The van der Waals surface area contributed by atoms with Crippen molar-refractivity contribution in [2.45, 2.75) is 13.2 Å². The van der Waals surface area contributed by atoms with Gasteiger partial charge in [-0.15, -0.1) is 11.3 Å². The van der Waals surface area contributed by atoms with Gasteiger partial charge in [-0.2, -0.15) is 0 Å². The van der Waals surface area contributed by atoms with Crippen LogP contribution in [0, 0.1) is 0 Å². The van der Waals surface area contributed by atoms with Gasteiger partial charge in [-0.05, 0) is 17.5 Å². The van der Waals surface area contributed by atoms with Crippen molar-refractivity contribution in [2.75, 3.05) is 0 Å². The van der Waals surface area contributed by atoms with Crippen LogP contribution in [0.1, 0.15) is 20.8 Å². The number of para-hydroxylation sites is 1. The maximum Gasteiger partial charge on any atom is 0.346 e. The van der Waals surface area contributed by atoms with E-state index in [1.54, 1.807) is 29.6 Å². The van der Waals surface area contributed by atoms with Crippen molar-refractivity contribution in [1.29, 1.82) is 0 Å². The quantitative estimate of drug-likeness (QED) is 0.870. The lowest BCUT2D eigenvalue weighted by atomic mass is 10.2. The predicted molar refractivity (Wildman–Crippen MR) is 68.0 cm³/mol. The highest BCUT2D eigenvalue weighted by molar-refractivity contribution is 7.12. The summed E-state index contributed by atoms with van der Waals surface area (Å²) in [6.45, 7) is 0.0771. The molecule has 1 heterocycles. The van der Waals surface area contributed by atoms with E-state index < -0.39 is 5.97 Å². The Hall–Kier alpha value is -1.85. The Morgan fingerprint density at radius 1 is 1.22 bits per heavy atom. The minimum Gasteiger partial charge on any atom is -0.488 e. The number of benzene rings is 1. The molecule has 0 atom stereocenters. The zero-order valence-corrected chi connectivity index (χ0v) is 10.3. The lowest BCUT2D eigenvalue weighted by molar-refractivity contribution is 0.0699. The van der Waals surface area contributed by atoms with Crippen LogP contribution in [0.25, 0.3) is 0 Å². The molecule has 2 aromatic rings. The Labute approximate surface area is 108 Å². The number of carbonyl (C=O) groups is 1. The van der Waals surface area contributed by atoms with Crippen LogP contribution in [0.5, 0.6) is 5.75 Å². The minimum atomic E-state index is -0.945. The average molecular weight is 264 g/mol. The van der Waals surface area contributed by atoms with Gasteiger partial charge in [-0.1, -0.05) is 18.2 Å². The van der Waals surface area contributed by atoms with Gasteiger partial charge in [0, 0.05) is 11.1 Å². The van der Waals surface area contributed by atoms with E-state index in [0.717, 1.165) is 0 Å². The number of aliphatic hydroxyl groups is 1. The topological polar surface area (TPSA) is 66.8 Å². The molecule has 0 amide bonds. The molecular formula is C13H12O4S. The molecule has 0 radical (unpaired) electrons. The Kier molecular flexibility index (Phi) is 3.96. The van der Waals surface area contributed by atoms with Crippen LogP contribution in [0.2, 0.25) is 0 Å². The van der Waals surface area contributed by atoms with Crippen molar-refractivity contribution >= 4 is 17.3 Å². The summed E-state index contributed by atoms with van der Waals surface area (Å²) in [6, 6.07) is 8.86. The number of aliphatic hydroxyl groups excluding tert-OH is 1. The van der Waals surface area contributed by atoms with Crippen LogP contribution >= 0.6 is 11.3 Å². The van der Waals surface area contributed by atoms with E-state index in [1.165, 1.54) is 11.3 Å². The molecule has 0 aliphatic rings. The van der Waals surface area contributed by atoms with Gasteiger partial charge in [0.15, 0.2) is 0 Å². The molecule has 0 unspecified atom stereocenters. The molecule has 0 fully saturated rings. The van der Waals surface area contributed by atoms with Gasteiger partial charge in [-0.3, -0.25) is 0 Å². The van der Waals surface area contributed by atoms with Gasteiger partial charge >= 0.3 is 5.97 Å². The first-order chi connectivity index (χ1) is 8.72. The molecule has 0 aliphatic carbocycles. The average Bonchev–Trinajstić information content (AvgIpc) is 2.85. The van der Waals surface area contributed by atoms with Crippen LogP contribution in [0.4, 0.5) is 0 Å². The fourth-order valence-corrected chi connectivity index (χ4v) is 2.32. The first-order valence-corrected chi connectivity index (χ1v) is 6.21. The van der Waals surface area contributed by atoms with E-state index in [1.807, 2.05) is 6.07 Å². The van der Waals surface area contributed by atoms with Gasteiger partial charge in [0.05, 0.1) is 6.61 Å². The molecule has 0 bridgehead atoms. The minimum absolute atomic E-state index is 0.106.